The molecule has 0 saturated heterocycles. The van der Waals surface area contributed by atoms with Crippen molar-refractivity contribution in [3.8, 4) is 18.1 Å². The molecule has 0 aliphatic heterocycles. The number of nitrogens with one attached hydrogen (secondary N) is 1. The number of aliphatic hydroxyl groups excluding tert-OH is 1. The predicted molar refractivity (Wildman–Crippen MR) is 108 cm³/mol. The molecule has 28 heavy (non-hydrogen) atoms. The van der Waals surface area contributed by atoms with Gasteiger partial charge in [0.25, 0.3) is 5.91 Å². The summed E-state index contributed by atoms with van der Waals surface area (Å²) in [6.07, 6.45) is 6.78. The lowest BCUT2D eigenvalue weighted by atomic mass is 10.1. The van der Waals surface area contributed by atoms with Crippen molar-refractivity contribution >= 4 is 17.2 Å². The molecule has 2 N–H and O–H groups in total. The van der Waals surface area contributed by atoms with E-state index in [1.54, 1.807) is 6.07 Å². The number of rotatable bonds is 6. The van der Waals surface area contributed by atoms with Gasteiger partial charge in [-0.15, -0.1) is 12.3 Å². The number of amides is 1. The first-order valence-electron chi connectivity index (χ1n) is 9.02. The van der Waals surface area contributed by atoms with Crippen molar-refractivity contribution in [3.05, 3.63) is 59.0 Å². The summed E-state index contributed by atoms with van der Waals surface area (Å²) >= 11 is 0. The van der Waals surface area contributed by atoms with Crippen molar-refractivity contribution in [1.82, 2.24) is 9.38 Å². The average Bonchev–Trinajstić information content (AvgIpc) is 2.98. The van der Waals surface area contributed by atoms with Crippen molar-refractivity contribution < 1.29 is 14.6 Å². The molecule has 0 aliphatic carbocycles. The van der Waals surface area contributed by atoms with Gasteiger partial charge in [-0.3, -0.25) is 9.20 Å². The molecule has 1 atom stereocenters. The molecule has 0 fully saturated rings. The van der Waals surface area contributed by atoms with Crippen molar-refractivity contribution in [2.45, 2.75) is 39.9 Å². The molecule has 1 amide bonds. The fourth-order valence-electron chi connectivity index (χ4n) is 3.03. The molecule has 1 unspecified atom stereocenters. The smallest absolute Gasteiger partial charge is 0.252 e. The molecule has 6 heteroatoms. The highest BCUT2D eigenvalue weighted by molar-refractivity contribution is 5.94. The van der Waals surface area contributed by atoms with Crippen LogP contribution in [0.3, 0.4) is 0 Å². The van der Waals surface area contributed by atoms with Gasteiger partial charge in [0.15, 0.2) is 11.4 Å². The van der Waals surface area contributed by atoms with E-state index in [-0.39, 0.29) is 6.61 Å². The molecule has 0 bridgehead atoms. The van der Waals surface area contributed by atoms with Gasteiger partial charge in [0.05, 0.1) is 17.8 Å². The predicted octanol–water partition coefficient (Wildman–Crippen LogP) is 3.03. The normalized spacial score (nSPS) is 11.8. The maximum absolute atomic E-state index is 11.9. The summed E-state index contributed by atoms with van der Waals surface area (Å²) in [6, 6.07) is 9.33. The van der Waals surface area contributed by atoms with Crippen LogP contribution < -0.4 is 10.1 Å². The van der Waals surface area contributed by atoms with Gasteiger partial charge in [-0.05, 0) is 44.5 Å². The third-order valence-electron chi connectivity index (χ3n) is 4.60. The van der Waals surface area contributed by atoms with Gasteiger partial charge < -0.3 is 15.2 Å². The van der Waals surface area contributed by atoms with E-state index >= 15 is 0 Å². The Morgan fingerprint density at radius 1 is 1.36 bits per heavy atom. The molecular weight excluding hydrogens is 354 g/mol. The quantitative estimate of drug-likeness (QED) is 0.648. The summed E-state index contributed by atoms with van der Waals surface area (Å²) in [7, 11) is 0. The van der Waals surface area contributed by atoms with E-state index in [1.165, 1.54) is 6.92 Å². The Hall–Kier alpha value is -3.30. The maximum atomic E-state index is 11.9. The van der Waals surface area contributed by atoms with E-state index in [9.17, 15) is 9.90 Å². The number of hydrogen-bond donors (Lipinski definition) is 2. The topological polar surface area (TPSA) is 75.9 Å². The second-order valence-corrected chi connectivity index (χ2v) is 6.65. The SMILES string of the molecule is C#CCc1c(C)nc2c(OCc3c(C)cccc3NC(=O)C(C)O)cccn12. The minimum Gasteiger partial charge on any atom is -0.485 e. The van der Waals surface area contributed by atoms with Crippen molar-refractivity contribution in [2.24, 2.45) is 0 Å². The number of carbonyl (C=O) groups is 1. The number of ether oxygens (including phenoxy) is 1. The van der Waals surface area contributed by atoms with Crippen molar-refractivity contribution in [2.75, 3.05) is 5.32 Å². The zero-order valence-corrected chi connectivity index (χ0v) is 16.2. The largest absolute Gasteiger partial charge is 0.485 e. The molecule has 2 heterocycles. The van der Waals surface area contributed by atoms with Crippen LogP contribution in [0.2, 0.25) is 0 Å². The summed E-state index contributed by atoms with van der Waals surface area (Å²) in [5.41, 5.74) is 4.96. The van der Waals surface area contributed by atoms with Gasteiger partial charge in [-0.2, -0.15) is 0 Å². The third-order valence-corrected chi connectivity index (χ3v) is 4.60. The number of terminal acetylenes is 1. The van der Waals surface area contributed by atoms with Crippen LogP contribution in [0.1, 0.15) is 29.4 Å². The second kappa shape index (κ2) is 8.15. The fraction of sp³-hybridized carbons (Fsp3) is 0.273. The highest BCUT2D eigenvalue weighted by atomic mass is 16.5. The van der Waals surface area contributed by atoms with Crippen molar-refractivity contribution in [3.63, 3.8) is 0 Å². The minimum absolute atomic E-state index is 0.248. The number of nitrogens with zero attached hydrogens (tertiary/aromatic N) is 2. The first kappa shape index (κ1) is 19.5. The Morgan fingerprint density at radius 3 is 2.86 bits per heavy atom. The lowest BCUT2D eigenvalue weighted by Gasteiger charge is -2.16. The Morgan fingerprint density at radius 2 is 2.14 bits per heavy atom. The Balaban J connectivity index is 1.90. The van der Waals surface area contributed by atoms with E-state index in [4.69, 9.17) is 11.2 Å². The number of fused-ring (bicyclic) bond motifs is 1. The highest BCUT2D eigenvalue weighted by Crippen LogP contribution is 2.26. The second-order valence-electron chi connectivity index (χ2n) is 6.65. The number of hydrogen-bond acceptors (Lipinski definition) is 4. The number of anilines is 1. The third kappa shape index (κ3) is 3.85. The van der Waals surface area contributed by atoms with E-state index in [0.717, 1.165) is 22.5 Å². The zero-order valence-electron chi connectivity index (χ0n) is 16.2. The number of carbonyl (C=O) groups excluding carboxylic acids is 1. The number of aliphatic hydroxyl groups is 1. The van der Waals surface area contributed by atoms with E-state index in [0.29, 0.717) is 23.5 Å². The summed E-state index contributed by atoms with van der Waals surface area (Å²) < 4.78 is 8.01. The van der Waals surface area contributed by atoms with Crippen LogP contribution in [-0.2, 0) is 17.8 Å². The van der Waals surface area contributed by atoms with E-state index in [1.807, 2.05) is 48.7 Å². The van der Waals surface area contributed by atoms with Gasteiger partial charge in [0.2, 0.25) is 0 Å². The lowest BCUT2D eigenvalue weighted by Crippen LogP contribution is -2.25. The molecule has 3 rings (SSSR count). The fourth-order valence-corrected chi connectivity index (χ4v) is 3.03. The van der Waals surface area contributed by atoms with Crippen LogP contribution in [0.4, 0.5) is 5.69 Å². The summed E-state index contributed by atoms with van der Waals surface area (Å²) in [4.78, 5) is 16.5. The van der Waals surface area contributed by atoms with Crippen LogP contribution in [0.5, 0.6) is 5.75 Å². The standard InChI is InChI=1S/C22H23N3O3/c1-5-8-19-15(3)23-21-20(11-7-12-25(19)21)28-13-17-14(2)9-6-10-18(17)24-22(27)16(4)26/h1,6-7,9-12,16,26H,8,13H2,2-4H3,(H,24,27). The van der Waals surface area contributed by atoms with Gasteiger partial charge >= 0.3 is 0 Å². The molecule has 144 valence electrons. The van der Waals surface area contributed by atoms with Crippen LogP contribution in [0.15, 0.2) is 36.5 Å². The number of aromatic nitrogens is 2. The summed E-state index contributed by atoms with van der Waals surface area (Å²) in [5, 5.41) is 12.2. The van der Waals surface area contributed by atoms with Crippen LogP contribution in [0, 0.1) is 26.2 Å². The van der Waals surface area contributed by atoms with Crippen molar-refractivity contribution in [1.29, 1.82) is 0 Å². The molecule has 2 aromatic heterocycles. The number of pyridine rings is 1. The van der Waals surface area contributed by atoms with Gasteiger partial charge in [0.1, 0.15) is 12.7 Å². The zero-order chi connectivity index (χ0) is 20.3. The van der Waals surface area contributed by atoms with Crippen LogP contribution in [0.25, 0.3) is 5.65 Å². The first-order chi connectivity index (χ1) is 13.4. The summed E-state index contributed by atoms with van der Waals surface area (Å²) in [5.74, 6) is 2.83. The molecule has 0 saturated carbocycles. The molecular formula is C22H23N3O3. The van der Waals surface area contributed by atoms with Crippen LogP contribution in [-0.4, -0.2) is 26.5 Å². The number of imidazole rings is 1. The van der Waals surface area contributed by atoms with E-state index < -0.39 is 12.0 Å². The molecule has 6 nitrogen and oxygen atoms in total. The molecule has 1 aromatic carbocycles. The molecule has 0 radical (unpaired) electrons. The maximum Gasteiger partial charge on any atom is 0.252 e. The van der Waals surface area contributed by atoms with E-state index in [2.05, 4.69) is 16.2 Å². The first-order valence-corrected chi connectivity index (χ1v) is 9.02. The Labute approximate surface area is 164 Å². The molecule has 0 aliphatic rings. The Kier molecular flexibility index (Phi) is 5.67. The van der Waals surface area contributed by atoms with Gasteiger partial charge in [-0.25, -0.2) is 4.98 Å². The minimum atomic E-state index is -1.09. The average molecular weight is 377 g/mol. The monoisotopic (exact) mass is 377 g/mol. The van der Waals surface area contributed by atoms with Crippen LogP contribution >= 0.6 is 0 Å². The van der Waals surface area contributed by atoms with Gasteiger partial charge in [-0.1, -0.05) is 12.1 Å². The highest BCUT2D eigenvalue weighted by Gasteiger charge is 2.15. The lowest BCUT2D eigenvalue weighted by molar-refractivity contribution is -0.123. The number of aryl methyl sites for hydroxylation is 2. The molecule has 3 aromatic rings. The molecule has 0 spiro atoms. The number of benzene rings is 1. The Bertz CT molecular complexity index is 1060. The summed E-state index contributed by atoms with van der Waals surface area (Å²) in [6.45, 7) is 5.55. The van der Waals surface area contributed by atoms with Gasteiger partial charge in [0, 0.05) is 17.4 Å².